The van der Waals surface area contributed by atoms with Crippen LogP contribution in [0.15, 0.2) is 36.5 Å². The van der Waals surface area contributed by atoms with Crippen LogP contribution in [0.3, 0.4) is 0 Å². The second kappa shape index (κ2) is 4.13. The predicted octanol–water partition coefficient (Wildman–Crippen LogP) is 1.64. The number of hydrogen-bond donors (Lipinski definition) is 0. The van der Waals surface area contributed by atoms with Gasteiger partial charge in [-0.3, -0.25) is 0 Å². The minimum atomic E-state index is -0.693. The first-order valence-electron chi connectivity index (χ1n) is 4.52. The van der Waals surface area contributed by atoms with Gasteiger partial charge in [-0.15, -0.1) is 0 Å². The van der Waals surface area contributed by atoms with Gasteiger partial charge in [0.05, 0.1) is 0 Å². The number of Topliss-reactive ketones (excluding diaryl/α,β-unsaturated/α-hetero) is 1. The molecule has 0 radical (unpaired) electrons. The van der Waals surface area contributed by atoms with E-state index in [0.29, 0.717) is 0 Å². The molecule has 1 aromatic rings. The summed E-state index contributed by atoms with van der Waals surface area (Å²) in [6.07, 6.45) is 4.23. The van der Waals surface area contributed by atoms with Gasteiger partial charge in [0, 0.05) is 0 Å². The summed E-state index contributed by atoms with van der Waals surface area (Å²) in [7, 11) is 0. The first-order chi connectivity index (χ1) is 6.77. The molecule has 2 nitrogen and oxygen atoms in total. The fourth-order valence-corrected chi connectivity index (χ4v) is 4.02. The quantitative estimate of drug-likeness (QED) is 0.771. The molecule has 0 amide bonds. The average Bonchev–Trinajstić information content (AvgIpc) is 2.71. The molecule has 1 aliphatic rings. The number of ketones is 1. The van der Waals surface area contributed by atoms with E-state index in [9.17, 15) is 4.79 Å². The van der Waals surface area contributed by atoms with E-state index in [-0.39, 0.29) is 5.78 Å². The first-order valence-corrected chi connectivity index (χ1v) is 7.89. The fourth-order valence-electron chi connectivity index (χ4n) is 1.37. The number of carbonyl (C=O) groups excluding carboxylic acids is 1. The Morgan fingerprint density at radius 1 is 1.29 bits per heavy atom. The molecule has 1 aliphatic heterocycles. The maximum absolute atomic E-state index is 11.1. The molecule has 1 heterocycles. The van der Waals surface area contributed by atoms with Gasteiger partial charge in [-0.25, -0.2) is 0 Å². The van der Waals surface area contributed by atoms with Gasteiger partial charge in [0.15, 0.2) is 0 Å². The Bertz CT molecular complexity index is 394. The third-order valence-electron chi connectivity index (χ3n) is 2.18. The molecule has 0 spiro atoms. The van der Waals surface area contributed by atoms with Gasteiger partial charge in [0.1, 0.15) is 0 Å². The molecule has 2 rings (SSSR count). The van der Waals surface area contributed by atoms with Crippen LogP contribution in [0.25, 0.3) is 0 Å². The molecule has 0 atom stereocenters. The Morgan fingerprint density at radius 2 is 2.00 bits per heavy atom. The van der Waals surface area contributed by atoms with E-state index in [0.717, 1.165) is 5.56 Å². The Kier molecular flexibility index (Phi) is 2.87. The Balaban J connectivity index is 2.25. The number of rotatable bonds is 2. The molecule has 68 valence electrons. The van der Waals surface area contributed by atoms with E-state index in [2.05, 4.69) is 18.9 Å². The van der Waals surface area contributed by atoms with Crippen LogP contribution in [-0.4, -0.2) is 32.3 Å². The number of benzene rings is 1. The van der Waals surface area contributed by atoms with E-state index in [1.54, 1.807) is 6.92 Å². The van der Waals surface area contributed by atoms with E-state index < -0.39 is 22.7 Å². The molecule has 0 aromatic heterocycles. The third-order valence-corrected chi connectivity index (χ3v) is 5.56. The fraction of sp³-hybridized carbons (Fsp3) is 0.0909. The summed E-state index contributed by atoms with van der Waals surface area (Å²) in [6, 6.07) is 7.83. The van der Waals surface area contributed by atoms with Gasteiger partial charge in [0.2, 0.25) is 0 Å². The van der Waals surface area contributed by atoms with E-state index in [1.165, 1.54) is 5.69 Å². The van der Waals surface area contributed by atoms with Crippen LogP contribution in [-0.2, 0) is 0 Å². The zero-order valence-electron chi connectivity index (χ0n) is 7.97. The van der Waals surface area contributed by atoms with Crippen LogP contribution in [0.1, 0.15) is 17.3 Å². The molecular formula is C11H10InNO. The summed E-state index contributed by atoms with van der Waals surface area (Å²) in [5.74, 6) is 0.127. The van der Waals surface area contributed by atoms with E-state index in [4.69, 9.17) is 0 Å². The number of nitrogens with zero attached hydrogens (tertiary/aromatic N) is 1. The van der Waals surface area contributed by atoms with Crippen molar-refractivity contribution in [3.63, 3.8) is 0 Å². The normalized spacial score (nSPS) is 13.1. The van der Waals surface area contributed by atoms with Crippen LogP contribution < -0.4 is 2.89 Å². The van der Waals surface area contributed by atoms with Crippen molar-refractivity contribution >= 4 is 37.9 Å². The van der Waals surface area contributed by atoms with Crippen LogP contribution in [0, 0.1) is 0 Å². The van der Waals surface area contributed by atoms with Crippen LogP contribution >= 0.6 is 0 Å². The summed E-state index contributed by atoms with van der Waals surface area (Å²) < 4.78 is 4.61. The van der Waals surface area contributed by atoms with Crippen molar-refractivity contribution in [1.29, 1.82) is 0 Å². The molecule has 0 unspecified atom stereocenters. The molecule has 14 heavy (non-hydrogen) atoms. The monoisotopic (exact) mass is 287 g/mol. The van der Waals surface area contributed by atoms with E-state index in [1.807, 2.05) is 24.3 Å². The third kappa shape index (κ3) is 1.98. The SMILES string of the molecule is CC(=O)c1ccc([N]2C=C[CH]=[In]2)cc1. The number of allylic oxidation sites excluding steroid dienone is 1. The van der Waals surface area contributed by atoms with Crippen LogP contribution in [0.2, 0.25) is 0 Å². The van der Waals surface area contributed by atoms with Gasteiger partial charge in [-0.1, -0.05) is 0 Å². The Labute approximate surface area is 94.5 Å². The van der Waals surface area contributed by atoms with Crippen molar-refractivity contribution in [3.8, 4) is 0 Å². The first kappa shape index (κ1) is 9.71. The zero-order chi connectivity index (χ0) is 9.97. The number of carbonyl (C=O) groups is 1. The molecule has 0 bridgehead atoms. The molecule has 1 aromatic carbocycles. The van der Waals surface area contributed by atoms with Gasteiger partial charge < -0.3 is 0 Å². The second-order valence-electron chi connectivity index (χ2n) is 3.19. The molecule has 3 heteroatoms. The van der Waals surface area contributed by atoms with Crippen LogP contribution in [0.4, 0.5) is 5.69 Å². The molecule has 0 fully saturated rings. The Morgan fingerprint density at radius 3 is 2.50 bits per heavy atom. The predicted molar refractivity (Wildman–Crippen MR) is 59.9 cm³/mol. The molecule has 0 saturated heterocycles. The number of hydrogen-bond acceptors (Lipinski definition) is 2. The van der Waals surface area contributed by atoms with Crippen molar-refractivity contribution in [2.45, 2.75) is 6.92 Å². The summed E-state index contributed by atoms with van der Waals surface area (Å²) >= 11 is -0.693. The van der Waals surface area contributed by atoms with Gasteiger partial charge in [-0.05, 0) is 0 Å². The number of anilines is 1. The second-order valence-corrected chi connectivity index (χ2v) is 6.73. The minimum absolute atomic E-state index is 0.127. The molecule has 0 aliphatic carbocycles. The topological polar surface area (TPSA) is 20.3 Å². The molecule has 0 saturated carbocycles. The summed E-state index contributed by atoms with van der Waals surface area (Å²) in [6.45, 7) is 1.59. The van der Waals surface area contributed by atoms with Crippen molar-refractivity contribution in [2.24, 2.45) is 0 Å². The van der Waals surface area contributed by atoms with E-state index >= 15 is 0 Å². The van der Waals surface area contributed by atoms with Crippen molar-refractivity contribution in [2.75, 3.05) is 2.89 Å². The van der Waals surface area contributed by atoms with Gasteiger partial charge in [-0.2, -0.15) is 0 Å². The molecule has 0 N–H and O–H groups in total. The van der Waals surface area contributed by atoms with Gasteiger partial charge >= 0.3 is 94.7 Å². The van der Waals surface area contributed by atoms with Crippen molar-refractivity contribution < 1.29 is 4.79 Å². The van der Waals surface area contributed by atoms with Crippen molar-refractivity contribution in [1.82, 2.24) is 0 Å². The zero-order valence-corrected chi connectivity index (χ0v) is 11.3. The Hall–Kier alpha value is -0.830. The van der Waals surface area contributed by atoms with Crippen molar-refractivity contribution in [3.05, 3.63) is 42.1 Å². The summed E-state index contributed by atoms with van der Waals surface area (Å²) in [4.78, 5) is 11.1. The standard InChI is InChI=1S/C11H11NO.In/c1-3-8-12-11-6-4-10(5-7-11)9(2)13;/h1,3-8H,2H3,(H,12,13);/q;+1/p-1. The summed E-state index contributed by atoms with van der Waals surface area (Å²) in [5, 5.41) is 0. The maximum atomic E-state index is 11.1. The average molecular weight is 287 g/mol. The van der Waals surface area contributed by atoms with Crippen LogP contribution in [0.5, 0.6) is 0 Å². The van der Waals surface area contributed by atoms with Gasteiger partial charge in [0.25, 0.3) is 0 Å². The molecular weight excluding hydrogens is 277 g/mol. The summed E-state index contributed by atoms with van der Waals surface area (Å²) in [5.41, 5.74) is 2.00.